The topological polar surface area (TPSA) is 109 Å². The molecule has 0 aromatic heterocycles. The minimum absolute atomic E-state index is 0.0266. The largest absolute Gasteiger partial charge is 0.466 e. The summed E-state index contributed by atoms with van der Waals surface area (Å²) in [7, 11) is 0. The van der Waals surface area contributed by atoms with E-state index in [-0.39, 0.29) is 11.9 Å². The molecule has 0 N–H and O–H groups in total. The highest BCUT2D eigenvalue weighted by atomic mass is 16.7. The molecule has 0 amide bonds. The van der Waals surface area contributed by atoms with Gasteiger partial charge in [-0.25, -0.2) is 4.79 Å². The number of benzene rings is 3. The molecule has 0 aliphatic carbocycles. The Morgan fingerprint density at radius 3 is 1.39 bits per heavy atom. The van der Waals surface area contributed by atoms with E-state index in [1.165, 1.54) is 11.1 Å². The minimum Gasteiger partial charge on any atom is -0.466 e. The smallest absolute Gasteiger partial charge is 0.376 e. The number of cyclic esters (lactones) is 1. The number of carbonyl (C=O) groups excluding carboxylic acids is 1. The fourth-order valence-electron chi connectivity index (χ4n) is 4.51. The Morgan fingerprint density at radius 1 is 0.471 bits per heavy atom. The Bertz CT molecular complexity index is 1540. The Hall–Kier alpha value is -5.97. The van der Waals surface area contributed by atoms with Crippen molar-refractivity contribution >= 4 is 5.97 Å². The van der Waals surface area contributed by atoms with Gasteiger partial charge in [-0.2, -0.15) is 0 Å². The summed E-state index contributed by atoms with van der Waals surface area (Å²) in [5.41, 5.74) is 4.30. The number of hydrogen-bond acceptors (Lipinski definition) is 11. The molecule has 2 unspecified atom stereocenters. The highest BCUT2D eigenvalue weighted by Gasteiger charge is 2.29. The number of ether oxygens (including phenoxy) is 10. The molecule has 4 saturated heterocycles. The van der Waals surface area contributed by atoms with Gasteiger partial charge in [0.05, 0.1) is 13.2 Å². The van der Waals surface area contributed by atoms with E-state index in [1.807, 2.05) is 84.9 Å². The Morgan fingerprint density at radius 2 is 0.941 bits per heavy atom. The minimum atomic E-state index is -0.624. The first-order chi connectivity index (χ1) is 24.8. The van der Waals surface area contributed by atoms with Crippen molar-refractivity contribution in [1.82, 2.24) is 0 Å². The van der Waals surface area contributed by atoms with Crippen molar-refractivity contribution in [1.29, 1.82) is 0 Å². The summed E-state index contributed by atoms with van der Waals surface area (Å²) >= 11 is 0. The van der Waals surface area contributed by atoms with Gasteiger partial charge in [-0.15, -0.1) is 0 Å². The van der Waals surface area contributed by atoms with Crippen molar-refractivity contribution < 1.29 is 52.2 Å². The van der Waals surface area contributed by atoms with Crippen molar-refractivity contribution in [3.63, 3.8) is 0 Å². The van der Waals surface area contributed by atoms with Crippen LogP contribution in [0.3, 0.4) is 0 Å². The van der Waals surface area contributed by atoms with Crippen LogP contribution in [-0.2, 0) is 65.4 Å². The number of carbonyl (C=O) groups is 1. The van der Waals surface area contributed by atoms with Crippen LogP contribution in [-0.4, -0.2) is 39.0 Å². The molecule has 11 heteroatoms. The van der Waals surface area contributed by atoms with E-state index < -0.39 is 12.3 Å². The predicted octanol–water partition coefficient (Wildman–Crippen LogP) is 8.01. The molecule has 51 heavy (non-hydrogen) atoms. The molecule has 5 aliphatic rings. The molecule has 4 fully saturated rings. The quantitative estimate of drug-likeness (QED) is 0.192. The highest BCUT2D eigenvalue weighted by molar-refractivity contribution is 5.87. The first-order valence-corrected chi connectivity index (χ1v) is 16.3. The van der Waals surface area contributed by atoms with Gasteiger partial charge in [0.25, 0.3) is 30.1 Å². The normalized spacial score (nSPS) is 19.7. The second-order valence-corrected chi connectivity index (χ2v) is 11.0. The van der Waals surface area contributed by atoms with Gasteiger partial charge in [-0.1, -0.05) is 84.9 Å². The summed E-state index contributed by atoms with van der Waals surface area (Å²) in [4.78, 5) is 10.9. The van der Waals surface area contributed by atoms with Crippen molar-refractivity contribution in [2.45, 2.75) is 38.4 Å². The van der Waals surface area contributed by atoms with E-state index in [2.05, 4.69) is 32.9 Å². The first-order valence-electron chi connectivity index (χ1n) is 16.3. The lowest BCUT2D eigenvalue weighted by atomic mass is 10.1. The third kappa shape index (κ3) is 13.5. The number of rotatable bonds is 2. The molecule has 3 aromatic rings. The number of esters is 1. The lowest BCUT2D eigenvalue weighted by molar-refractivity contribution is -0.143. The van der Waals surface area contributed by atoms with Crippen molar-refractivity contribution in [2.24, 2.45) is 0 Å². The van der Waals surface area contributed by atoms with Crippen molar-refractivity contribution in [2.75, 3.05) is 33.0 Å². The fraction of sp³-hybridized carbons (Fsp3) is 0.275. The van der Waals surface area contributed by atoms with Gasteiger partial charge in [-0.3, -0.25) is 0 Å². The van der Waals surface area contributed by atoms with E-state index in [0.717, 1.165) is 37.2 Å². The van der Waals surface area contributed by atoms with Crippen LogP contribution in [0.25, 0.3) is 0 Å². The molecule has 0 bridgehead atoms. The van der Waals surface area contributed by atoms with Crippen LogP contribution in [0.1, 0.15) is 47.5 Å². The lowest BCUT2D eigenvalue weighted by Crippen LogP contribution is -1.98. The van der Waals surface area contributed by atoms with Gasteiger partial charge in [0.2, 0.25) is 5.76 Å². The molecule has 11 nitrogen and oxygen atoms in total. The molecule has 5 heterocycles. The Kier molecular flexibility index (Phi) is 15.2. The zero-order valence-electron chi connectivity index (χ0n) is 28.6. The summed E-state index contributed by atoms with van der Waals surface area (Å²) in [6, 6.07) is 27.3. The summed E-state index contributed by atoms with van der Waals surface area (Å²) in [6.45, 7) is 22.1. The number of hydrogen-bond donors (Lipinski definition) is 0. The van der Waals surface area contributed by atoms with Crippen LogP contribution in [0.4, 0.5) is 0 Å². The van der Waals surface area contributed by atoms with Crippen molar-refractivity contribution in [3.8, 4) is 0 Å². The molecule has 3 aromatic carbocycles. The zero-order chi connectivity index (χ0) is 36.3. The maximum Gasteiger partial charge on any atom is 0.376 e. The van der Waals surface area contributed by atoms with Gasteiger partial charge in [0, 0.05) is 5.56 Å². The molecule has 0 saturated carbocycles. The molecule has 2 atom stereocenters. The second-order valence-electron chi connectivity index (χ2n) is 11.0. The molecular weight excluding hydrogens is 656 g/mol. The molecular formula is C40H44O11. The third-order valence-corrected chi connectivity index (χ3v) is 7.17. The van der Waals surface area contributed by atoms with Gasteiger partial charge >= 0.3 is 5.97 Å². The monoisotopic (exact) mass is 700 g/mol. The van der Waals surface area contributed by atoms with Gasteiger partial charge in [0.15, 0.2) is 6.10 Å². The third-order valence-electron chi connectivity index (χ3n) is 7.17. The van der Waals surface area contributed by atoms with Crippen LogP contribution >= 0.6 is 0 Å². The fourth-order valence-corrected chi connectivity index (χ4v) is 4.51. The molecule has 0 spiro atoms. The maximum absolute atomic E-state index is 10.9. The van der Waals surface area contributed by atoms with Crippen LogP contribution in [0.2, 0.25) is 0 Å². The van der Waals surface area contributed by atoms with Crippen molar-refractivity contribution in [3.05, 3.63) is 170 Å². The van der Waals surface area contributed by atoms with Crippen LogP contribution < -0.4 is 0 Å². The van der Waals surface area contributed by atoms with Gasteiger partial charge in [-0.05, 0) is 62.4 Å². The molecule has 5 aliphatic heterocycles. The summed E-state index contributed by atoms with van der Waals surface area (Å²) < 4.78 is 50.3. The zero-order valence-corrected chi connectivity index (χ0v) is 28.6. The average Bonchev–Trinajstić information content (AvgIpc) is 3.82. The second kappa shape index (κ2) is 20.5. The standard InChI is InChI=1S/C10H8O3.2C10H10O2.C6H10O2.C4H6O2/c1-7-9(11)13-10(12-7)8-5-3-2-4-6-8;1-8-11-6-9-4-2-3-5-10(9)7-12-8;1-8-11-7-10(12-8)9-5-3-2-4-6-9;1-6-7-4-2-3-5-8-6;1-4-5-2-3-6-4/h2-6,10H,1H2;2-5H,1,6-7H2;2-6,10H,1,7H2;1-5H2;1-3H2. The summed E-state index contributed by atoms with van der Waals surface area (Å²) in [5.74, 6) is 1.33. The molecule has 270 valence electrons. The first kappa shape index (κ1) is 37.8. The van der Waals surface area contributed by atoms with Gasteiger partial charge < -0.3 is 47.4 Å². The van der Waals surface area contributed by atoms with E-state index in [9.17, 15) is 4.79 Å². The SMILES string of the molecule is C=C1OC(c2ccccc2)OC1=O.C=C1OCC(c2ccccc2)O1.C=C1OCCCCO1.C=C1OCCO1.C=C1OCc2ccccc2CO1. The Balaban J connectivity index is 0.000000146. The van der Waals surface area contributed by atoms with E-state index in [4.69, 9.17) is 47.4 Å². The van der Waals surface area contributed by atoms with Crippen LogP contribution in [0.5, 0.6) is 0 Å². The predicted molar refractivity (Wildman–Crippen MR) is 187 cm³/mol. The van der Waals surface area contributed by atoms with E-state index in [1.54, 1.807) is 0 Å². The van der Waals surface area contributed by atoms with Crippen LogP contribution in [0.15, 0.2) is 147 Å². The Labute approximate surface area is 298 Å². The van der Waals surface area contributed by atoms with E-state index >= 15 is 0 Å². The highest BCUT2D eigenvalue weighted by Crippen LogP contribution is 2.29. The van der Waals surface area contributed by atoms with Crippen LogP contribution in [0, 0.1) is 0 Å². The molecule has 8 rings (SSSR count). The summed E-state index contributed by atoms with van der Waals surface area (Å²) in [6.07, 6.45) is 1.57. The lowest BCUT2D eigenvalue weighted by Gasteiger charge is -2.07. The molecule has 0 radical (unpaired) electrons. The maximum atomic E-state index is 10.9. The van der Waals surface area contributed by atoms with Gasteiger partial charge in [0.1, 0.15) is 33.0 Å². The number of fused-ring (bicyclic) bond motifs is 1. The average molecular weight is 701 g/mol. The van der Waals surface area contributed by atoms with E-state index in [0.29, 0.717) is 56.8 Å². The summed E-state index contributed by atoms with van der Waals surface area (Å²) in [5, 5.41) is 0.